The summed E-state index contributed by atoms with van der Waals surface area (Å²) >= 11 is 1.58. The van der Waals surface area contributed by atoms with Crippen LogP contribution in [0.2, 0.25) is 0 Å². The second-order valence-electron chi connectivity index (χ2n) is 4.17. The maximum atomic E-state index is 12.6. The molecule has 2 heterocycles. The topological polar surface area (TPSA) is 50.5 Å². The molecule has 1 atom stereocenters. The highest BCUT2D eigenvalue weighted by Crippen LogP contribution is 2.41. The van der Waals surface area contributed by atoms with Crippen molar-refractivity contribution in [3.05, 3.63) is 54.5 Å². The van der Waals surface area contributed by atoms with Crippen LogP contribution in [0.5, 0.6) is 0 Å². The van der Waals surface area contributed by atoms with Gasteiger partial charge in [0, 0.05) is 12.3 Å². The molecule has 6 heteroatoms. The van der Waals surface area contributed by atoms with Gasteiger partial charge in [0.15, 0.2) is 0 Å². The molecule has 1 saturated heterocycles. The third-order valence-electron chi connectivity index (χ3n) is 2.99. The summed E-state index contributed by atoms with van der Waals surface area (Å²) in [5, 5.41) is -0.264. The van der Waals surface area contributed by atoms with Crippen LogP contribution in [0.25, 0.3) is 0 Å². The smallest absolute Gasteiger partial charge is 0.244 e. The van der Waals surface area contributed by atoms with Gasteiger partial charge in [-0.1, -0.05) is 18.2 Å². The van der Waals surface area contributed by atoms with Gasteiger partial charge in [-0.3, -0.25) is 0 Å². The number of furan rings is 1. The van der Waals surface area contributed by atoms with Gasteiger partial charge in [-0.2, -0.15) is 4.31 Å². The van der Waals surface area contributed by atoms with Crippen molar-refractivity contribution in [3.8, 4) is 0 Å². The Morgan fingerprint density at radius 3 is 2.63 bits per heavy atom. The van der Waals surface area contributed by atoms with E-state index in [0.29, 0.717) is 17.2 Å². The first-order chi connectivity index (χ1) is 9.19. The molecule has 1 aromatic heterocycles. The van der Waals surface area contributed by atoms with Crippen molar-refractivity contribution in [2.75, 3.05) is 12.3 Å². The van der Waals surface area contributed by atoms with Crippen molar-refractivity contribution in [1.82, 2.24) is 4.31 Å². The molecule has 0 N–H and O–H groups in total. The molecule has 1 aliphatic rings. The number of sulfonamides is 1. The lowest BCUT2D eigenvalue weighted by Gasteiger charge is -2.21. The van der Waals surface area contributed by atoms with E-state index in [1.807, 2.05) is 12.1 Å². The monoisotopic (exact) mass is 295 g/mol. The summed E-state index contributed by atoms with van der Waals surface area (Å²) < 4.78 is 32.1. The van der Waals surface area contributed by atoms with Crippen molar-refractivity contribution < 1.29 is 12.8 Å². The minimum atomic E-state index is -3.46. The first-order valence-corrected chi connectivity index (χ1v) is 8.40. The third-order valence-corrected chi connectivity index (χ3v) is 6.22. The van der Waals surface area contributed by atoms with Crippen LogP contribution < -0.4 is 0 Å². The molecule has 0 unspecified atom stereocenters. The number of hydrogen-bond donors (Lipinski definition) is 0. The fourth-order valence-electron chi connectivity index (χ4n) is 2.08. The van der Waals surface area contributed by atoms with Crippen LogP contribution in [0.4, 0.5) is 0 Å². The van der Waals surface area contributed by atoms with Crippen molar-refractivity contribution >= 4 is 21.8 Å². The van der Waals surface area contributed by atoms with Gasteiger partial charge in [0.2, 0.25) is 10.0 Å². The van der Waals surface area contributed by atoms with Crippen LogP contribution in [0.3, 0.4) is 0 Å². The first-order valence-electron chi connectivity index (χ1n) is 5.91. The molecule has 0 saturated carbocycles. The minimum Gasteiger partial charge on any atom is -0.467 e. The standard InChI is InChI=1S/C13H13NO3S2/c15-19(16,11-5-2-1-3-6-11)14-8-10-18-13(14)12-7-4-9-17-12/h1-7,9,13H,8,10H2/t13-/m1/s1. The molecule has 1 aliphatic heterocycles. The largest absolute Gasteiger partial charge is 0.467 e. The summed E-state index contributed by atoms with van der Waals surface area (Å²) in [5.74, 6) is 1.46. The molecule has 1 aromatic carbocycles. The molecule has 1 fully saturated rings. The molecule has 0 spiro atoms. The van der Waals surface area contributed by atoms with E-state index in [-0.39, 0.29) is 5.37 Å². The maximum absolute atomic E-state index is 12.6. The van der Waals surface area contributed by atoms with Crippen molar-refractivity contribution in [2.45, 2.75) is 10.3 Å². The number of nitrogens with zero attached hydrogens (tertiary/aromatic N) is 1. The molecule has 100 valence electrons. The summed E-state index contributed by atoms with van der Waals surface area (Å²) in [6.07, 6.45) is 1.57. The van der Waals surface area contributed by atoms with Crippen LogP contribution in [0, 0.1) is 0 Å². The minimum absolute atomic E-state index is 0.264. The highest BCUT2D eigenvalue weighted by molar-refractivity contribution is 8.00. The van der Waals surface area contributed by atoms with Gasteiger partial charge in [-0.05, 0) is 24.3 Å². The zero-order valence-corrected chi connectivity index (χ0v) is 11.7. The average Bonchev–Trinajstić information content (AvgIpc) is 3.10. The van der Waals surface area contributed by atoms with Gasteiger partial charge in [-0.15, -0.1) is 11.8 Å². The van der Waals surface area contributed by atoms with Gasteiger partial charge >= 0.3 is 0 Å². The summed E-state index contributed by atoms with van der Waals surface area (Å²) in [4.78, 5) is 0.328. The lowest BCUT2D eigenvalue weighted by Crippen LogP contribution is -2.30. The first kappa shape index (κ1) is 12.8. The van der Waals surface area contributed by atoms with Crippen molar-refractivity contribution in [3.63, 3.8) is 0 Å². The molecule has 0 amide bonds. The average molecular weight is 295 g/mol. The number of benzene rings is 1. The Hall–Kier alpha value is -1.24. The van der Waals surface area contributed by atoms with Gasteiger partial charge in [0.1, 0.15) is 11.1 Å². The van der Waals surface area contributed by atoms with Gasteiger partial charge in [0.25, 0.3) is 0 Å². The van der Waals surface area contributed by atoms with E-state index in [1.165, 1.54) is 4.31 Å². The Morgan fingerprint density at radius 2 is 1.95 bits per heavy atom. The normalized spacial score (nSPS) is 20.7. The second kappa shape index (κ2) is 5.03. The predicted molar refractivity (Wildman–Crippen MR) is 74.2 cm³/mol. The van der Waals surface area contributed by atoms with E-state index < -0.39 is 10.0 Å². The zero-order chi connectivity index (χ0) is 13.3. The molecular weight excluding hydrogens is 282 g/mol. The Kier molecular flexibility index (Phi) is 3.38. The molecular formula is C13H13NO3S2. The van der Waals surface area contributed by atoms with E-state index in [0.717, 1.165) is 5.75 Å². The highest BCUT2D eigenvalue weighted by atomic mass is 32.2. The van der Waals surface area contributed by atoms with Crippen molar-refractivity contribution in [1.29, 1.82) is 0 Å². The molecule has 19 heavy (non-hydrogen) atoms. The van der Waals surface area contributed by atoms with Gasteiger partial charge < -0.3 is 4.42 Å². The summed E-state index contributed by atoms with van der Waals surface area (Å²) in [7, 11) is -3.46. The number of thioether (sulfide) groups is 1. The number of rotatable bonds is 3. The quantitative estimate of drug-likeness (QED) is 0.873. The summed E-state index contributed by atoms with van der Waals surface area (Å²) in [6.45, 7) is 0.507. The molecule has 4 nitrogen and oxygen atoms in total. The van der Waals surface area contributed by atoms with Crippen LogP contribution in [-0.2, 0) is 10.0 Å². The molecule has 0 bridgehead atoms. The predicted octanol–water partition coefficient (Wildman–Crippen LogP) is 2.72. The van der Waals surface area contributed by atoms with Crippen LogP contribution in [0.15, 0.2) is 58.0 Å². The fourth-order valence-corrected chi connectivity index (χ4v) is 5.28. The molecule has 0 radical (unpaired) electrons. The third kappa shape index (κ3) is 2.31. The molecule has 0 aliphatic carbocycles. The lowest BCUT2D eigenvalue weighted by atomic mass is 10.4. The fraction of sp³-hybridized carbons (Fsp3) is 0.231. The van der Waals surface area contributed by atoms with E-state index in [4.69, 9.17) is 4.42 Å². The van der Waals surface area contributed by atoms with Crippen LogP contribution >= 0.6 is 11.8 Å². The highest BCUT2D eigenvalue weighted by Gasteiger charge is 2.38. The maximum Gasteiger partial charge on any atom is 0.244 e. The SMILES string of the molecule is O=S(=O)(c1ccccc1)N1CCS[C@@H]1c1ccco1. The van der Waals surface area contributed by atoms with Gasteiger partial charge in [-0.25, -0.2) is 8.42 Å². The molecule has 3 rings (SSSR count). The molecule has 2 aromatic rings. The second-order valence-corrected chi connectivity index (χ2v) is 7.25. The van der Waals surface area contributed by atoms with E-state index in [1.54, 1.807) is 48.4 Å². The zero-order valence-electron chi connectivity index (χ0n) is 10.1. The number of hydrogen-bond acceptors (Lipinski definition) is 4. The Labute approximate surface area is 116 Å². The Balaban J connectivity index is 1.97. The Bertz CT molecular complexity index is 638. The van der Waals surface area contributed by atoms with E-state index in [2.05, 4.69) is 0 Å². The van der Waals surface area contributed by atoms with E-state index >= 15 is 0 Å². The van der Waals surface area contributed by atoms with Crippen molar-refractivity contribution in [2.24, 2.45) is 0 Å². The summed E-state index contributed by atoms with van der Waals surface area (Å²) in [5.41, 5.74) is 0. The lowest BCUT2D eigenvalue weighted by molar-refractivity contribution is 0.383. The Morgan fingerprint density at radius 1 is 1.16 bits per heavy atom. The van der Waals surface area contributed by atoms with Crippen LogP contribution in [-0.4, -0.2) is 25.0 Å². The van der Waals surface area contributed by atoms with Gasteiger partial charge in [0.05, 0.1) is 11.2 Å². The van der Waals surface area contributed by atoms with E-state index in [9.17, 15) is 8.42 Å². The summed E-state index contributed by atoms with van der Waals surface area (Å²) in [6, 6.07) is 12.1. The van der Waals surface area contributed by atoms with Crippen LogP contribution in [0.1, 0.15) is 11.1 Å².